The molecule has 1 atom stereocenters. The Morgan fingerprint density at radius 2 is 1.72 bits per heavy atom. The molecular weight excluding hydrogens is 400 g/mol. The number of phenolic OH excluding ortho intramolecular Hbond substituents is 1. The minimum absolute atomic E-state index is 0.0208. The average molecular weight is 413 g/mol. The Balaban J connectivity index is 1.89. The Labute approximate surface area is 167 Å². The maximum Gasteiger partial charge on any atom is 0.294 e. The van der Waals surface area contributed by atoms with Gasteiger partial charge in [-0.2, -0.15) is 0 Å². The zero-order valence-corrected chi connectivity index (χ0v) is 15.5. The first-order valence-electron chi connectivity index (χ1n) is 8.47. The van der Waals surface area contributed by atoms with Gasteiger partial charge in [0.05, 0.1) is 16.5 Å². The summed E-state index contributed by atoms with van der Waals surface area (Å²) < 4.78 is 27.2. The number of aliphatic hydroxyl groups excluding tert-OH is 1. The summed E-state index contributed by atoms with van der Waals surface area (Å²) in [5, 5.41) is 21.8. The highest BCUT2D eigenvalue weighted by atomic mass is 32.1. The molecule has 0 radical (unpaired) electrons. The Hall–Kier alpha value is -3.52. The molecule has 1 aromatic heterocycles. The van der Waals surface area contributed by atoms with E-state index in [0.717, 1.165) is 28.4 Å². The number of thiophene rings is 1. The third-order valence-electron chi connectivity index (χ3n) is 4.59. The minimum Gasteiger partial charge on any atom is -0.508 e. The molecule has 2 aromatic carbocycles. The molecule has 0 aliphatic carbocycles. The molecule has 8 heteroatoms. The van der Waals surface area contributed by atoms with Gasteiger partial charge in [0.2, 0.25) is 5.78 Å². The van der Waals surface area contributed by atoms with Crippen LogP contribution in [0.3, 0.4) is 0 Å². The Morgan fingerprint density at radius 1 is 1.00 bits per heavy atom. The van der Waals surface area contributed by atoms with E-state index in [4.69, 9.17) is 0 Å². The van der Waals surface area contributed by atoms with Gasteiger partial charge in [-0.1, -0.05) is 18.2 Å². The number of Topliss-reactive ketones (excluding diaryl/α,β-unsaturated/α-hetero) is 1. The highest BCUT2D eigenvalue weighted by Crippen LogP contribution is 2.42. The van der Waals surface area contributed by atoms with Crippen LogP contribution in [0.25, 0.3) is 0 Å². The van der Waals surface area contributed by atoms with Gasteiger partial charge in [0.25, 0.3) is 5.91 Å². The van der Waals surface area contributed by atoms with Crippen molar-refractivity contribution in [3.05, 3.63) is 93.4 Å². The second kappa shape index (κ2) is 7.14. The van der Waals surface area contributed by atoms with E-state index in [0.29, 0.717) is 10.4 Å². The van der Waals surface area contributed by atoms with Crippen molar-refractivity contribution in [2.45, 2.75) is 6.04 Å². The first kappa shape index (κ1) is 18.8. The van der Waals surface area contributed by atoms with Gasteiger partial charge in [-0.3, -0.25) is 14.5 Å². The first-order chi connectivity index (χ1) is 13.9. The fraction of sp³-hybridized carbons (Fsp3) is 0.0476. The minimum atomic E-state index is -1.17. The number of halogens is 2. The van der Waals surface area contributed by atoms with Crippen LogP contribution in [-0.4, -0.2) is 21.9 Å². The summed E-state index contributed by atoms with van der Waals surface area (Å²) in [6.07, 6.45) is 0. The van der Waals surface area contributed by atoms with Crippen LogP contribution in [0.1, 0.15) is 21.3 Å². The van der Waals surface area contributed by atoms with Gasteiger partial charge in [0.15, 0.2) is 17.4 Å². The van der Waals surface area contributed by atoms with Crippen LogP contribution < -0.4 is 4.90 Å². The number of carbonyl (C=O) groups is 2. The van der Waals surface area contributed by atoms with Gasteiger partial charge < -0.3 is 10.2 Å². The fourth-order valence-corrected chi connectivity index (χ4v) is 3.93. The number of ketones is 1. The van der Waals surface area contributed by atoms with Crippen molar-refractivity contribution in [2.24, 2.45) is 0 Å². The summed E-state index contributed by atoms with van der Waals surface area (Å²) in [6.45, 7) is 0. The zero-order chi connectivity index (χ0) is 20.7. The summed E-state index contributed by atoms with van der Waals surface area (Å²) in [5.74, 6) is -4.50. The predicted octanol–water partition coefficient (Wildman–Crippen LogP) is 4.51. The Kier molecular flexibility index (Phi) is 4.63. The molecular formula is C21H13F2NO4S. The average Bonchev–Trinajstić information content (AvgIpc) is 3.32. The van der Waals surface area contributed by atoms with E-state index in [1.165, 1.54) is 30.3 Å². The second-order valence-electron chi connectivity index (χ2n) is 6.34. The quantitative estimate of drug-likeness (QED) is 0.617. The lowest BCUT2D eigenvalue weighted by Gasteiger charge is -2.27. The lowest BCUT2D eigenvalue weighted by atomic mass is 9.95. The van der Waals surface area contributed by atoms with Gasteiger partial charge in [-0.25, -0.2) is 8.78 Å². The molecule has 29 heavy (non-hydrogen) atoms. The molecule has 1 unspecified atom stereocenters. The summed E-state index contributed by atoms with van der Waals surface area (Å²) in [6, 6.07) is 10.7. The molecule has 1 aliphatic heterocycles. The number of nitrogens with zero attached hydrogens (tertiary/aromatic N) is 1. The molecule has 0 saturated carbocycles. The van der Waals surface area contributed by atoms with Gasteiger partial charge >= 0.3 is 0 Å². The van der Waals surface area contributed by atoms with Gasteiger partial charge in [0.1, 0.15) is 5.75 Å². The number of aliphatic hydroxyl groups is 1. The molecule has 1 aliphatic rings. The topological polar surface area (TPSA) is 77.8 Å². The number of amides is 1. The highest BCUT2D eigenvalue weighted by Gasteiger charge is 2.45. The lowest BCUT2D eigenvalue weighted by Crippen LogP contribution is -2.31. The molecule has 0 saturated heterocycles. The molecule has 2 N–H and O–H groups in total. The van der Waals surface area contributed by atoms with Crippen molar-refractivity contribution < 1.29 is 28.6 Å². The van der Waals surface area contributed by atoms with Crippen LogP contribution in [0.5, 0.6) is 5.75 Å². The molecule has 4 rings (SSSR count). The number of hydrogen-bond donors (Lipinski definition) is 2. The summed E-state index contributed by atoms with van der Waals surface area (Å²) in [4.78, 5) is 27.2. The van der Waals surface area contributed by atoms with Crippen LogP contribution in [0.15, 0.2) is 71.3 Å². The first-order valence-corrected chi connectivity index (χ1v) is 9.35. The standard InChI is InChI=1S/C21H13F2NO4S/c22-14-8-5-12(10-15(14)23)24-18(11-3-6-13(25)7-4-11)17(20(27)21(24)28)19(26)16-2-1-9-29-16/h1-10,18,25,27H. The maximum absolute atomic E-state index is 13.8. The van der Waals surface area contributed by atoms with Crippen LogP contribution >= 0.6 is 11.3 Å². The summed E-state index contributed by atoms with van der Waals surface area (Å²) in [5.41, 5.74) is 0.213. The number of anilines is 1. The van der Waals surface area contributed by atoms with E-state index in [2.05, 4.69) is 0 Å². The summed E-state index contributed by atoms with van der Waals surface area (Å²) >= 11 is 1.15. The molecule has 3 aromatic rings. The Bertz CT molecular complexity index is 1140. The van der Waals surface area contributed by atoms with Crippen molar-refractivity contribution in [3.8, 4) is 5.75 Å². The van der Waals surface area contributed by atoms with E-state index in [-0.39, 0.29) is 17.0 Å². The van der Waals surface area contributed by atoms with Crippen LogP contribution in [0, 0.1) is 11.6 Å². The SMILES string of the molecule is O=C(C1=C(O)C(=O)N(c2ccc(F)c(F)c2)C1c1ccc(O)cc1)c1cccs1. The van der Waals surface area contributed by atoms with Crippen LogP contribution in [0.2, 0.25) is 0 Å². The normalized spacial score (nSPS) is 16.6. The molecule has 5 nitrogen and oxygen atoms in total. The third kappa shape index (κ3) is 3.17. The van der Waals surface area contributed by atoms with Gasteiger partial charge in [-0.05, 0) is 41.3 Å². The molecule has 0 fully saturated rings. The number of hydrogen-bond acceptors (Lipinski definition) is 5. The van der Waals surface area contributed by atoms with E-state index < -0.39 is 35.1 Å². The van der Waals surface area contributed by atoms with Crippen molar-refractivity contribution in [2.75, 3.05) is 4.90 Å². The molecule has 0 spiro atoms. The monoisotopic (exact) mass is 413 g/mol. The van der Waals surface area contributed by atoms with E-state index in [1.807, 2.05) is 0 Å². The van der Waals surface area contributed by atoms with E-state index in [1.54, 1.807) is 17.5 Å². The molecule has 146 valence electrons. The number of aromatic hydroxyl groups is 1. The zero-order valence-electron chi connectivity index (χ0n) is 14.7. The fourth-order valence-electron chi connectivity index (χ4n) is 3.25. The van der Waals surface area contributed by atoms with Crippen LogP contribution in [-0.2, 0) is 4.79 Å². The van der Waals surface area contributed by atoms with E-state index >= 15 is 0 Å². The van der Waals surface area contributed by atoms with Crippen molar-refractivity contribution in [3.63, 3.8) is 0 Å². The van der Waals surface area contributed by atoms with Gasteiger partial charge in [0, 0.05) is 11.8 Å². The largest absolute Gasteiger partial charge is 0.508 e. The van der Waals surface area contributed by atoms with Gasteiger partial charge in [-0.15, -0.1) is 11.3 Å². The second-order valence-corrected chi connectivity index (χ2v) is 7.28. The highest BCUT2D eigenvalue weighted by molar-refractivity contribution is 7.12. The smallest absolute Gasteiger partial charge is 0.294 e. The number of rotatable bonds is 4. The number of carbonyl (C=O) groups excluding carboxylic acids is 2. The van der Waals surface area contributed by atoms with Crippen molar-refractivity contribution >= 4 is 28.7 Å². The number of phenols is 1. The maximum atomic E-state index is 13.8. The van der Waals surface area contributed by atoms with Crippen LogP contribution in [0.4, 0.5) is 14.5 Å². The van der Waals surface area contributed by atoms with Crippen molar-refractivity contribution in [1.29, 1.82) is 0 Å². The summed E-state index contributed by atoms with van der Waals surface area (Å²) in [7, 11) is 0. The molecule has 0 bridgehead atoms. The lowest BCUT2D eigenvalue weighted by molar-refractivity contribution is -0.117. The van der Waals surface area contributed by atoms with E-state index in [9.17, 15) is 28.6 Å². The molecule has 1 amide bonds. The number of benzene rings is 2. The van der Waals surface area contributed by atoms with Crippen molar-refractivity contribution in [1.82, 2.24) is 0 Å². The predicted molar refractivity (Wildman–Crippen MR) is 103 cm³/mol. The Morgan fingerprint density at radius 3 is 2.34 bits per heavy atom. The molecule has 2 heterocycles. The third-order valence-corrected chi connectivity index (χ3v) is 5.46.